The molecule has 1 aromatic carbocycles. The molecular weight excluding hydrogens is 214 g/mol. The van der Waals surface area contributed by atoms with Crippen LogP contribution in [0.15, 0.2) is 30.3 Å². The molecule has 0 aromatic heterocycles. The van der Waals surface area contributed by atoms with Crippen molar-refractivity contribution >= 4 is 5.97 Å². The third-order valence-corrected chi connectivity index (χ3v) is 2.49. The summed E-state index contributed by atoms with van der Waals surface area (Å²) in [6.07, 6.45) is 1.78. The van der Waals surface area contributed by atoms with E-state index < -0.39 is 0 Å². The largest absolute Gasteiger partial charge is 0.458 e. The second-order valence-corrected chi connectivity index (χ2v) is 4.05. The molecule has 0 aliphatic heterocycles. The van der Waals surface area contributed by atoms with Crippen molar-refractivity contribution in [3.63, 3.8) is 0 Å². The lowest BCUT2D eigenvalue weighted by atomic mass is 10.1. The number of benzene rings is 1. The van der Waals surface area contributed by atoms with Gasteiger partial charge in [0.25, 0.3) is 0 Å². The monoisotopic (exact) mass is 235 g/mol. The molecule has 0 fully saturated rings. The normalized spacial score (nSPS) is 12.1. The third-order valence-electron chi connectivity index (χ3n) is 2.49. The summed E-state index contributed by atoms with van der Waals surface area (Å²) < 4.78 is 5.34. The van der Waals surface area contributed by atoms with Crippen molar-refractivity contribution in [3.8, 4) is 0 Å². The van der Waals surface area contributed by atoms with Crippen LogP contribution < -0.4 is 5.32 Å². The minimum Gasteiger partial charge on any atom is -0.458 e. The Morgan fingerprint density at radius 2 is 2.00 bits per heavy atom. The molecule has 1 atom stereocenters. The Morgan fingerprint density at radius 3 is 2.59 bits per heavy atom. The van der Waals surface area contributed by atoms with Crippen molar-refractivity contribution < 1.29 is 9.53 Å². The van der Waals surface area contributed by atoms with E-state index in [9.17, 15) is 4.79 Å². The Balaban J connectivity index is 2.52. The number of hydrogen-bond acceptors (Lipinski definition) is 3. The number of esters is 1. The molecule has 0 saturated heterocycles. The van der Waals surface area contributed by atoms with Crippen LogP contribution in [0.3, 0.4) is 0 Å². The summed E-state index contributed by atoms with van der Waals surface area (Å²) in [5, 5.41) is 3.32. The van der Waals surface area contributed by atoms with Crippen LogP contribution in [0.5, 0.6) is 0 Å². The van der Waals surface area contributed by atoms with E-state index in [1.807, 2.05) is 30.3 Å². The number of rotatable bonds is 7. The van der Waals surface area contributed by atoms with Gasteiger partial charge in [-0.25, -0.2) is 0 Å². The van der Waals surface area contributed by atoms with Crippen molar-refractivity contribution in [2.24, 2.45) is 0 Å². The second kappa shape index (κ2) is 7.85. The molecule has 17 heavy (non-hydrogen) atoms. The molecule has 1 unspecified atom stereocenters. The molecule has 94 valence electrons. The fourth-order valence-electron chi connectivity index (χ4n) is 1.70. The first-order valence-corrected chi connectivity index (χ1v) is 6.17. The van der Waals surface area contributed by atoms with Crippen molar-refractivity contribution in [2.75, 3.05) is 13.1 Å². The SMILES string of the molecule is CCCNCCC(OC(C)=O)c1ccccc1. The van der Waals surface area contributed by atoms with Crippen LogP contribution in [-0.2, 0) is 9.53 Å². The van der Waals surface area contributed by atoms with E-state index in [-0.39, 0.29) is 12.1 Å². The number of carbonyl (C=O) groups excluding carboxylic acids is 1. The standard InChI is InChI=1S/C14H21NO2/c1-3-10-15-11-9-14(17-12(2)16)13-7-5-4-6-8-13/h4-8,14-15H,3,9-11H2,1-2H3. The number of hydrogen-bond donors (Lipinski definition) is 1. The molecule has 0 aliphatic rings. The zero-order chi connectivity index (χ0) is 12.5. The van der Waals surface area contributed by atoms with E-state index in [2.05, 4.69) is 12.2 Å². The Bertz CT molecular complexity index is 324. The predicted octanol–water partition coefficient (Wildman–Crippen LogP) is 2.68. The lowest BCUT2D eigenvalue weighted by Crippen LogP contribution is -2.20. The molecule has 1 rings (SSSR count). The average Bonchev–Trinajstić information content (AvgIpc) is 2.34. The highest BCUT2D eigenvalue weighted by atomic mass is 16.5. The van der Waals surface area contributed by atoms with Crippen LogP contribution in [0.25, 0.3) is 0 Å². The maximum absolute atomic E-state index is 11.1. The molecular formula is C14H21NO2. The number of carbonyl (C=O) groups is 1. The summed E-state index contributed by atoms with van der Waals surface area (Å²) in [6.45, 7) is 5.45. The smallest absolute Gasteiger partial charge is 0.303 e. The zero-order valence-electron chi connectivity index (χ0n) is 10.6. The van der Waals surface area contributed by atoms with Gasteiger partial charge in [0.2, 0.25) is 0 Å². The van der Waals surface area contributed by atoms with Crippen LogP contribution in [0.1, 0.15) is 38.4 Å². The average molecular weight is 235 g/mol. The molecule has 0 bridgehead atoms. The minimum absolute atomic E-state index is 0.141. The van der Waals surface area contributed by atoms with Gasteiger partial charge in [-0.3, -0.25) is 4.79 Å². The van der Waals surface area contributed by atoms with Crippen LogP contribution in [0.4, 0.5) is 0 Å². The molecule has 0 aliphatic carbocycles. The highest BCUT2D eigenvalue weighted by molar-refractivity contribution is 5.66. The zero-order valence-corrected chi connectivity index (χ0v) is 10.6. The predicted molar refractivity (Wildman–Crippen MR) is 68.7 cm³/mol. The lowest BCUT2D eigenvalue weighted by molar-refractivity contribution is -0.147. The maximum atomic E-state index is 11.1. The summed E-state index contributed by atoms with van der Waals surface area (Å²) in [5.74, 6) is -0.227. The Morgan fingerprint density at radius 1 is 1.29 bits per heavy atom. The first-order valence-electron chi connectivity index (χ1n) is 6.17. The van der Waals surface area contributed by atoms with Crippen molar-refractivity contribution in [2.45, 2.75) is 32.8 Å². The van der Waals surface area contributed by atoms with Crippen molar-refractivity contribution in [1.82, 2.24) is 5.32 Å². The molecule has 3 heteroatoms. The van der Waals surface area contributed by atoms with Gasteiger partial charge in [0, 0.05) is 13.3 Å². The lowest BCUT2D eigenvalue weighted by Gasteiger charge is -2.17. The second-order valence-electron chi connectivity index (χ2n) is 4.05. The topological polar surface area (TPSA) is 38.3 Å². The van der Waals surface area contributed by atoms with Crippen LogP contribution in [0, 0.1) is 0 Å². The molecule has 0 amide bonds. The van der Waals surface area contributed by atoms with Gasteiger partial charge in [-0.05, 0) is 25.1 Å². The minimum atomic E-state index is -0.227. The first-order chi connectivity index (χ1) is 8.24. The van der Waals surface area contributed by atoms with Crippen LogP contribution in [-0.4, -0.2) is 19.1 Å². The molecule has 0 saturated carbocycles. The summed E-state index contributed by atoms with van der Waals surface area (Å²) in [4.78, 5) is 11.1. The van der Waals surface area contributed by atoms with Gasteiger partial charge >= 0.3 is 5.97 Å². The third kappa shape index (κ3) is 5.50. The molecule has 0 heterocycles. The fourth-order valence-corrected chi connectivity index (χ4v) is 1.70. The first kappa shape index (κ1) is 13.7. The van der Waals surface area contributed by atoms with Gasteiger partial charge in [0.05, 0.1) is 0 Å². The van der Waals surface area contributed by atoms with E-state index in [1.165, 1.54) is 6.92 Å². The Labute approximate surface area is 103 Å². The van der Waals surface area contributed by atoms with Gasteiger partial charge in [-0.15, -0.1) is 0 Å². The van der Waals surface area contributed by atoms with Gasteiger partial charge in [-0.2, -0.15) is 0 Å². The highest BCUT2D eigenvalue weighted by Gasteiger charge is 2.13. The van der Waals surface area contributed by atoms with E-state index in [4.69, 9.17) is 4.74 Å². The van der Waals surface area contributed by atoms with E-state index in [1.54, 1.807) is 0 Å². The number of nitrogens with one attached hydrogen (secondary N) is 1. The van der Waals surface area contributed by atoms with E-state index >= 15 is 0 Å². The fraction of sp³-hybridized carbons (Fsp3) is 0.500. The van der Waals surface area contributed by atoms with Gasteiger partial charge in [-0.1, -0.05) is 37.3 Å². The molecule has 0 radical (unpaired) electrons. The van der Waals surface area contributed by atoms with Crippen molar-refractivity contribution in [1.29, 1.82) is 0 Å². The summed E-state index contributed by atoms with van der Waals surface area (Å²) in [7, 11) is 0. The molecule has 0 spiro atoms. The molecule has 1 aromatic rings. The Kier molecular flexibility index (Phi) is 6.33. The quantitative estimate of drug-likeness (QED) is 0.583. The van der Waals surface area contributed by atoms with Gasteiger partial charge < -0.3 is 10.1 Å². The Hall–Kier alpha value is -1.35. The summed E-state index contributed by atoms with van der Waals surface area (Å²) in [5.41, 5.74) is 1.06. The summed E-state index contributed by atoms with van der Waals surface area (Å²) in [6, 6.07) is 9.88. The summed E-state index contributed by atoms with van der Waals surface area (Å²) >= 11 is 0. The maximum Gasteiger partial charge on any atom is 0.303 e. The van der Waals surface area contributed by atoms with E-state index in [0.29, 0.717) is 0 Å². The molecule has 1 N–H and O–H groups in total. The molecule has 3 nitrogen and oxygen atoms in total. The van der Waals surface area contributed by atoms with Gasteiger partial charge in [0.1, 0.15) is 6.10 Å². The van der Waals surface area contributed by atoms with Gasteiger partial charge in [0.15, 0.2) is 0 Å². The van der Waals surface area contributed by atoms with E-state index in [0.717, 1.165) is 31.5 Å². The van der Waals surface area contributed by atoms with Crippen molar-refractivity contribution in [3.05, 3.63) is 35.9 Å². The number of ether oxygens (including phenoxy) is 1. The van der Waals surface area contributed by atoms with Crippen LogP contribution in [0.2, 0.25) is 0 Å². The van der Waals surface area contributed by atoms with Crippen LogP contribution >= 0.6 is 0 Å². The highest BCUT2D eigenvalue weighted by Crippen LogP contribution is 2.20.